The minimum Gasteiger partial charge on any atom is -0.282 e. The second-order valence-electron chi connectivity index (χ2n) is 4.93. The summed E-state index contributed by atoms with van der Waals surface area (Å²) in [7, 11) is 0. The topological polar surface area (TPSA) is 36.2 Å². The lowest BCUT2D eigenvalue weighted by atomic mass is 9.93. The number of halogens is 1. The number of amidine groups is 1. The van der Waals surface area contributed by atoms with Crippen molar-refractivity contribution < 1.29 is 4.39 Å². The summed E-state index contributed by atoms with van der Waals surface area (Å²) in [6.45, 7) is 6.33. The van der Waals surface area contributed by atoms with E-state index >= 15 is 0 Å². The minimum atomic E-state index is -0.296. The predicted octanol–water partition coefficient (Wildman–Crippen LogP) is 3.66. The average Bonchev–Trinajstić information content (AvgIpc) is 2.16. The van der Waals surface area contributed by atoms with Crippen molar-refractivity contribution in [1.82, 2.24) is 0 Å². The Labute approximate surface area is 95.7 Å². The molecule has 0 aliphatic heterocycles. The number of aliphatic imine (C=N–C) groups is 1. The molecular formula is C13H17FN2. The molecule has 0 saturated carbocycles. The van der Waals surface area contributed by atoms with Crippen molar-refractivity contribution in [3.63, 3.8) is 0 Å². The van der Waals surface area contributed by atoms with Gasteiger partial charge in [-0.15, -0.1) is 0 Å². The molecule has 86 valence electrons. The van der Waals surface area contributed by atoms with Crippen molar-refractivity contribution in [3.8, 4) is 0 Å². The third-order valence-electron chi connectivity index (χ3n) is 2.04. The Balaban J connectivity index is 2.62. The predicted molar refractivity (Wildman–Crippen MR) is 65.8 cm³/mol. The number of nitrogens with one attached hydrogen (secondary N) is 1. The van der Waals surface area contributed by atoms with Crippen LogP contribution in [0.1, 0.15) is 32.8 Å². The van der Waals surface area contributed by atoms with Crippen molar-refractivity contribution >= 4 is 12.1 Å². The van der Waals surface area contributed by atoms with E-state index in [1.165, 1.54) is 12.1 Å². The largest absolute Gasteiger partial charge is 0.282 e. The zero-order valence-corrected chi connectivity index (χ0v) is 9.92. The summed E-state index contributed by atoms with van der Waals surface area (Å²) >= 11 is 0. The van der Waals surface area contributed by atoms with Gasteiger partial charge in [0.25, 0.3) is 0 Å². The molecule has 0 saturated heterocycles. The molecule has 1 aromatic carbocycles. The van der Waals surface area contributed by atoms with Gasteiger partial charge in [-0.05, 0) is 36.1 Å². The number of nitrogens with zero attached hydrogens (tertiary/aromatic N) is 1. The van der Waals surface area contributed by atoms with Gasteiger partial charge >= 0.3 is 0 Å². The van der Waals surface area contributed by atoms with Crippen LogP contribution >= 0.6 is 0 Å². The van der Waals surface area contributed by atoms with Crippen LogP contribution in [0.5, 0.6) is 0 Å². The Morgan fingerprint density at radius 2 is 1.88 bits per heavy atom. The van der Waals surface area contributed by atoms with Gasteiger partial charge in [0.2, 0.25) is 0 Å². The maximum atomic E-state index is 12.6. The van der Waals surface area contributed by atoms with Crippen molar-refractivity contribution in [2.24, 2.45) is 10.4 Å². The van der Waals surface area contributed by atoms with E-state index in [1.54, 1.807) is 18.3 Å². The fourth-order valence-electron chi connectivity index (χ4n) is 1.09. The highest BCUT2D eigenvalue weighted by Crippen LogP contribution is 2.16. The molecule has 0 unspecified atom stereocenters. The zero-order valence-electron chi connectivity index (χ0n) is 9.92. The lowest BCUT2D eigenvalue weighted by Gasteiger charge is -2.13. The van der Waals surface area contributed by atoms with Crippen LogP contribution in [0, 0.1) is 16.6 Å². The summed E-state index contributed by atoms with van der Waals surface area (Å²) in [5.41, 5.74) is 0.804. The molecule has 0 aliphatic rings. The summed E-state index contributed by atoms with van der Waals surface area (Å²) in [4.78, 5) is 4.05. The summed E-state index contributed by atoms with van der Waals surface area (Å²) in [5, 5.41) is 7.69. The van der Waals surface area contributed by atoms with Gasteiger partial charge in [0.1, 0.15) is 5.82 Å². The normalized spacial score (nSPS) is 12.0. The van der Waals surface area contributed by atoms with Gasteiger partial charge in [0, 0.05) is 11.8 Å². The second-order valence-corrected chi connectivity index (χ2v) is 4.93. The average molecular weight is 220 g/mol. The Bertz CT molecular complexity index is 385. The van der Waals surface area contributed by atoms with E-state index in [9.17, 15) is 4.39 Å². The Hall–Kier alpha value is -1.51. The van der Waals surface area contributed by atoms with Crippen LogP contribution < -0.4 is 0 Å². The highest BCUT2D eigenvalue weighted by atomic mass is 19.1. The monoisotopic (exact) mass is 220 g/mol. The summed E-state index contributed by atoms with van der Waals surface area (Å²) in [6, 6.07) is 5.80. The molecule has 0 aromatic heterocycles. The molecule has 1 aromatic rings. The number of rotatable bonds is 2. The maximum absolute atomic E-state index is 12.6. The SMILES string of the molecule is CC(C)(C)CC=NC(=N)c1ccc(F)cc1. The van der Waals surface area contributed by atoms with Crippen LogP contribution in [0.15, 0.2) is 29.3 Å². The number of hydrogen-bond acceptors (Lipinski definition) is 1. The lowest BCUT2D eigenvalue weighted by Crippen LogP contribution is -2.06. The van der Waals surface area contributed by atoms with Crippen molar-refractivity contribution in [2.45, 2.75) is 27.2 Å². The Morgan fingerprint density at radius 1 is 1.31 bits per heavy atom. The van der Waals surface area contributed by atoms with Gasteiger partial charge in [-0.3, -0.25) is 5.41 Å². The molecule has 0 bridgehead atoms. The minimum absolute atomic E-state index is 0.171. The fraction of sp³-hybridized carbons (Fsp3) is 0.385. The van der Waals surface area contributed by atoms with E-state index in [-0.39, 0.29) is 17.1 Å². The summed E-state index contributed by atoms with van der Waals surface area (Å²) < 4.78 is 12.6. The molecule has 1 rings (SSSR count). The third-order valence-corrected chi connectivity index (χ3v) is 2.04. The van der Waals surface area contributed by atoms with E-state index < -0.39 is 0 Å². The van der Waals surface area contributed by atoms with Crippen LogP contribution in [0.2, 0.25) is 0 Å². The first-order chi connectivity index (χ1) is 7.38. The third kappa shape index (κ3) is 4.34. The highest BCUT2D eigenvalue weighted by Gasteiger charge is 2.07. The van der Waals surface area contributed by atoms with E-state index in [1.807, 2.05) is 0 Å². The van der Waals surface area contributed by atoms with E-state index in [2.05, 4.69) is 25.8 Å². The maximum Gasteiger partial charge on any atom is 0.151 e. The first kappa shape index (κ1) is 12.6. The van der Waals surface area contributed by atoms with Crippen LogP contribution in [-0.4, -0.2) is 12.1 Å². The number of benzene rings is 1. The molecule has 3 heteroatoms. The van der Waals surface area contributed by atoms with E-state index in [0.717, 1.165) is 6.42 Å². The van der Waals surface area contributed by atoms with Crippen molar-refractivity contribution in [1.29, 1.82) is 5.41 Å². The van der Waals surface area contributed by atoms with E-state index in [4.69, 9.17) is 5.41 Å². The Morgan fingerprint density at radius 3 is 2.38 bits per heavy atom. The van der Waals surface area contributed by atoms with Crippen molar-refractivity contribution in [3.05, 3.63) is 35.6 Å². The van der Waals surface area contributed by atoms with E-state index in [0.29, 0.717) is 5.56 Å². The van der Waals surface area contributed by atoms with Crippen LogP contribution in [0.4, 0.5) is 4.39 Å². The molecule has 1 N–H and O–H groups in total. The molecule has 0 spiro atoms. The van der Waals surface area contributed by atoms with Crippen LogP contribution in [0.3, 0.4) is 0 Å². The molecule has 0 heterocycles. The first-order valence-corrected chi connectivity index (χ1v) is 5.25. The molecule has 0 fully saturated rings. The van der Waals surface area contributed by atoms with Gasteiger partial charge in [0.05, 0.1) is 0 Å². The van der Waals surface area contributed by atoms with Gasteiger partial charge in [-0.25, -0.2) is 9.38 Å². The van der Waals surface area contributed by atoms with Gasteiger partial charge in [-0.2, -0.15) is 0 Å². The molecule has 2 nitrogen and oxygen atoms in total. The molecular weight excluding hydrogens is 203 g/mol. The molecule has 0 amide bonds. The van der Waals surface area contributed by atoms with Crippen LogP contribution in [0.25, 0.3) is 0 Å². The zero-order chi connectivity index (χ0) is 12.2. The van der Waals surface area contributed by atoms with Gasteiger partial charge in [0.15, 0.2) is 5.84 Å². The highest BCUT2D eigenvalue weighted by molar-refractivity contribution is 6.00. The fourth-order valence-corrected chi connectivity index (χ4v) is 1.09. The Kier molecular flexibility index (Phi) is 3.93. The standard InChI is InChI=1S/C13H17FN2/c1-13(2,3)8-9-16-12(15)10-4-6-11(14)7-5-10/h4-7,9,15H,8H2,1-3H3. The van der Waals surface area contributed by atoms with Crippen LogP contribution in [-0.2, 0) is 0 Å². The molecule has 16 heavy (non-hydrogen) atoms. The van der Waals surface area contributed by atoms with Gasteiger partial charge in [-0.1, -0.05) is 20.8 Å². The molecule has 0 aliphatic carbocycles. The smallest absolute Gasteiger partial charge is 0.151 e. The summed E-state index contributed by atoms with van der Waals surface area (Å²) in [5.74, 6) is -0.125. The second kappa shape index (κ2) is 5.01. The molecule has 0 radical (unpaired) electrons. The quantitative estimate of drug-likeness (QED) is 0.583. The van der Waals surface area contributed by atoms with Gasteiger partial charge < -0.3 is 0 Å². The lowest BCUT2D eigenvalue weighted by molar-refractivity contribution is 0.438. The molecule has 0 atom stereocenters. The number of hydrogen-bond donors (Lipinski definition) is 1. The van der Waals surface area contributed by atoms with Crippen molar-refractivity contribution in [2.75, 3.05) is 0 Å². The first-order valence-electron chi connectivity index (χ1n) is 5.25. The summed E-state index contributed by atoms with van der Waals surface area (Å²) in [6.07, 6.45) is 2.56.